The molecule has 2 nitrogen and oxygen atoms in total. The molecule has 0 saturated carbocycles. The Balaban J connectivity index is 0.00000106. The molecule has 0 bridgehead atoms. The number of nitrogens with one attached hydrogen (secondary N) is 1. The number of halogens is 1. The Hall–Kier alpha value is -1.61. The van der Waals surface area contributed by atoms with Crippen LogP contribution in [0, 0.1) is 6.92 Å². The third kappa shape index (κ3) is 6.58. The van der Waals surface area contributed by atoms with Gasteiger partial charge in [-0.15, -0.1) is 0 Å². The number of aryl methyl sites for hydroxylation is 2. The maximum atomic E-state index is 11.9. The van der Waals surface area contributed by atoms with E-state index in [1.165, 1.54) is 5.56 Å². The van der Waals surface area contributed by atoms with Crippen molar-refractivity contribution in [2.75, 3.05) is 5.32 Å². The summed E-state index contributed by atoms with van der Waals surface area (Å²) < 4.78 is 0.978. The van der Waals surface area contributed by atoms with Crippen LogP contribution in [-0.4, -0.2) is 5.91 Å². The molecule has 0 atom stereocenters. The van der Waals surface area contributed by atoms with Crippen LogP contribution in [0.4, 0.5) is 5.69 Å². The molecule has 21 heavy (non-hydrogen) atoms. The van der Waals surface area contributed by atoms with Gasteiger partial charge in [0, 0.05) is 16.6 Å². The van der Waals surface area contributed by atoms with E-state index in [0.29, 0.717) is 6.42 Å². The number of anilines is 1. The van der Waals surface area contributed by atoms with Gasteiger partial charge in [0.1, 0.15) is 0 Å². The maximum Gasteiger partial charge on any atom is 0.224 e. The molecule has 1 N–H and O–H groups in total. The van der Waals surface area contributed by atoms with Gasteiger partial charge in [0.15, 0.2) is 0 Å². The summed E-state index contributed by atoms with van der Waals surface area (Å²) >= 11 is 3.43. The van der Waals surface area contributed by atoms with Crippen LogP contribution in [0.3, 0.4) is 0 Å². The van der Waals surface area contributed by atoms with Gasteiger partial charge in [-0.25, -0.2) is 0 Å². The summed E-state index contributed by atoms with van der Waals surface area (Å²) in [5, 5.41) is 2.92. The van der Waals surface area contributed by atoms with E-state index in [-0.39, 0.29) is 5.91 Å². The highest BCUT2D eigenvalue weighted by Crippen LogP contribution is 2.19. The zero-order valence-corrected chi connectivity index (χ0v) is 14.4. The van der Waals surface area contributed by atoms with Crippen LogP contribution in [0.1, 0.15) is 31.4 Å². The van der Waals surface area contributed by atoms with Crippen LogP contribution in [-0.2, 0) is 11.2 Å². The fourth-order valence-electron chi connectivity index (χ4n) is 1.93. The van der Waals surface area contributed by atoms with Crippen molar-refractivity contribution in [1.29, 1.82) is 0 Å². The SMILES string of the molecule is CC.Cc1cc(Br)cc(NC(=O)CCc2ccccc2)c1. The minimum Gasteiger partial charge on any atom is -0.326 e. The Morgan fingerprint density at radius 2 is 1.76 bits per heavy atom. The average molecular weight is 348 g/mol. The fraction of sp³-hybridized carbons (Fsp3) is 0.278. The van der Waals surface area contributed by atoms with Crippen molar-refractivity contribution >= 4 is 27.5 Å². The summed E-state index contributed by atoms with van der Waals surface area (Å²) in [6.07, 6.45) is 1.26. The van der Waals surface area contributed by atoms with Gasteiger partial charge in [-0.3, -0.25) is 4.79 Å². The lowest BCUT2D eigenvalue weighted by Gasteiger charge is -2.07. The quantitative estimate of drug-likeness (QED) is 0.792. The second-order valence-electron chi connectivity index (χ2n) is 4.55. The molecule has 0 saturated heterocycles. The summed E-state index contributed by atoms with van der Waals surface area (Å²) in [5.41, 5.74) is 3.14. The first-order valence-corrected chi connectivity index (χ1v) is 8.04. The zero-order chi connectivity index (χ0) is 15.7. The second-order valence-corrected chi connectivity index (χ2v) is 5.47. The Labute approximate surface area is 135 Å². The summed E-state index contributed by atoms with van der Waals surface area (Å²) in [6.45, 7) is 6.00. The second kappa shape index (κ2) is 9.35. The highest BCUT2D eigenvalue weighted by atomic mass is 79.9. The number of carbonyl (C=O) groups is 1. The molecule has 2 aromatic carbocycles. The van der Waals surface area contributed by atoms with Gasteiger partial charge < -0.3 is 5.32 Å². The van der Waals surface area contributed by atoms with Crippen LogP contribution in [0.15, 0.2) is 53.0 Å². The molecule has 0 fully saturated rings. The Morgan fingerprint density at radius 3 is 2.38 bits per heavy atom. The molecule has 0 heterocycles. The zero-order valence-electron chi connectivity index (χ0n) is 12.8. The standard InChI is InChI=1S/C16H16BrNO.C2H6/c1-12-9-14(17)11-15(10-12)18-16(19)8-7-13-5-3-2-4-6-13;1-2/h2-6,9-11H,7-8H2,1H3,(H,18,19);1-2H3. The molecular weight excluding hydrogens is 326 g/mol. The van der Waals surface area contributed by atoms with Crippen LogP contribution < -0.4 is 5.32 Å². The molecule has 2 aromatic rings. The van der Waals surface area contributed by atoms with Gasteiger partial charge in [-0.05, 0) is 42.7 Å². The molecule has 0 aliphatic heterocycles. The van der Waals surface area contributed by atoms with Crippen LogP contribution in [0.25, 0.3) is 0 Å². The number of carbonyl (C=O) groups excluding carboxylic acids is 1. The van der Waals surface area contributed by atoms with Crippen LogP contribution in [0.2, 0.25) is 0 Å². The van der Waals surface area contributed by atoms with E-state index in [0.717, 1.165) is 22.1 Å². The van der Waals surface area contributed by atoms with E-state index in [2.05, 4.69) is 21.2 Å². The van der Waals surface area contributed by atoms with E-state index in [4.69, 9.17) is 0 Å². The average Bonchev–Trinajstić information content (AvgIpc) is 2.47. The smallest absolute Gasteiger partial charge is 0.224 e. The first-order valence-electron chi connectivity index (χ1n) is 7.24. The third-order valence-corrected chi connectivity index (χ3v) is 3.27. The Morgan fingerprint density at radius 1 is 1.10 bits per heavy atom. The summed E-state index contributed by atoms with van der Waals surface area (Å²) in [5.74, 6) is 0.0429. The summed E-state index contributed by atoms with van der Waals surface area (Å²) in [4.78, 5) is 11.9. The number of amides is 1. The van der Waals surface area contributed by atoms with Crippen LogP contribution >= 0.6 is 15.9 Å². The van der Waals surface area contributed by atoms with Crippen molar-refractivity contribution in [3.05, 3.63) is 64.1 Å². The topological polar surface area (TPSA) is 29.1 Å². The van der Waals surface area contributed by atoms with Gasteiger partial charge in [-0.1, -0.05) is 60.1 Å². The molecule has 0 aliphatic rings. The van der Waals surface area contributed by atoms with Gasteiger partial charge in [0.2, 0.25) is 5.91 Å². The van der Waals surface area contributed by atoms with Gasteiger partial charge >= 0.3 is 0 Å². The predicted octanol–water partition coefficient (Wildman–Crippen LogP) is 5.36. The number of rotatable bonds is 4. The van der Waals surface area contributed by atoms with Crippen molar-refractivity contribution in [3.63, 3.8) is 0 Å². The number of benzene rings is 2. The van der Waals surface area contributed by atoms with E-state index >= 15 is 0 Å². The van der Waals surface area contributed by atoms with E-state index < -0.39 is 0 Å². The van der Waals surface area contributed by atoms with Crippen molar-refractivity contribution < 1.29 is 4.79 Å². The fourth-order valence-corrected chi connectivity index (χ4v) is 2.54. The highest BCUT2D eigenvalue weighted by Gasteiger charge is 2.04. The molecule has 3 heteroatoms. The van der Waals surface area contributed by atoms with E-state index in [9.17, 15) is 4.79 Å². The minimum atomic E-state index is 0.0429. The molecule has 0 unspecified atom stereocenters. The Bertz CT molecular complexity index is 546. The molecule has 0 radical (unpaired) electrons. The minimum absolute atomic E-state index is 0.0429. The summed E-state index contributed by atoms with van der Waals surface area (Å²) in [7, 11) is 0. The monoisotopic (exact) mass is 347 g/mol. The predicted molar refractivity (Wildman–Crippen MR) is 93.6 cm³/mol. The normalized spacial score (nSPS) is 9.52. The lowest BCUT2D eigenvalue weighted by molar-refractivity contribution is -0.116. The van der Waals surface area contributed by atoms with E-state index in [1.807, 2.05) is 69.3 Å². The molecular formula is C18H22BrNO. The lowest BCUT2D eigenvalue weighted by Crippen LogP contribution is -2.12. The van der Waals surface area contributed by atoms with Crippen molar-refractivity contribution in [3.8, 4) is 0 Å². The van der Waals surface area contributed by atoms with Crippen molar-refractivity contribution in [2.45, 2.75) is 33.6 Å². The van der Waals surface area contributed by atoms with Gasteiger partial charge in [0.25, 0.3) is 0 Å². The Kier molecular flexibility index (Phi) is 7.76. The first kappa shape index (κ1) is 17.4. The number of hydrogen-bond acceptors (Lipinski definition) is 1. The molecule has 2 rings (SSSR count). The molecule has 0 aliphatic carbocycles. The van der Waals surface area contributed by atoms with Gasteiger partial charge in [0.05, 0.1) is 0 Å². The van der Waals surface area contributed by atoms with Crippen LogP contribution in [0.5, 0.6) is 0 Å². The van der Waals surface area contributed by atoms with Crippen molar-refractivity contribution in [1.82, 2.24) is 0 Å². The third-order valence-electron chi connectivity index (χ3n) is 2.81. The number of hydrogen-bond donors (Lipinski definition) is 1. The molecule has 0 spiro atoms. The van der Waals surface area contributed by atoms with Gasteiger partial charge in [-0.2, -0.15) is 0 Å². The lowest BCUT2D eigenvalue weighted by atomic mass is 10.1. The molecule has 1 amide bonds. The molecule has 0 aromatic heterocycles. The molecule has 112 valence electrons. The van der Waals surface area contributed by atoms with E-state index in [1.54, 1.807) is 0 Å². The summed E-state index contributed by atoms with van der Waals surface area (Å²) in [6, 6.07) is 15.9. The highest BCUT2D eigenvalue weighted by molar-refractivity contribution is 9.10. The first-order chi connectivity index (χ1) is 10.1. The largest absolute Gasteiger partial charge is 0.326 e. The maximum absolute atomic E-state index is 11.9. The van der Waals surface area contributed by atoms with Crippen molar-refractivity contribution in [2.24, 2.45) is 0 Å².